The van der Waals surface area contributed by atoms with Crippen molar-refractivity contribution >= 4 is 22.5 Å². The lowest BCUT2D eigenvalue weighted by Crippen LogP contribution is -2.13. The number of amides is 1. The lowest BCUT2D eigenvalue weighted by atomic mass is 9.88. The van der Waals surface area contributed by atoms with Gasteiger partial charge < -0.3 is 15.6 Å². The third-order valence-corrected chi connectivity index (χ3v) is 4.31. The van der Waals surface area contributed by atoms with Gasteiger partial charge in [0, 0.05) is 29.9 Å². The van der Waals surface area contributed by atoms with E-state index in [1.54, 1.807) is 6.92 Å². The smallest absolute Gasteiger partial charge is 0.221 e. The van der Waals surface area contributed by atoms with Crippen LogP contribution >= 0.6 is 0 Å². The number of fused-ring (bicyclic) bond motifs is 1. The summed E-state index contributed by atoms with van der Waals surface area (Å²) >= 11 is 0. The van der Waals surface area contributed by atoms with Crippen molar-refractivity contribution in [3.05, 3.63) is 65.9 Å². The zero-order chi connectivity index (χ0) is 16.9. The van der Waals surface area contributed by atoms with Gasteiger partial charge in [0.15, 0.2) is 0 Å². The lowest BCUT2D eigenvalue weighted by molar-refractivity contribution is -0.114. The van der Waals surface area contributed by atoms with E-state index in [4.69, 9.17) is 0 Å². The molecule has 3 rings (SSSR count). The Labute approximate surface area is 142 Å². The van der Waals surface area contributed by atoms with E-state index < -0.39 is 0 Å². The van der Waals surface area contributed by atoms with Crippen LogP contribution in [0.25, 0.3) is 10.9 Å². The minimum absolute atomic E-state index is 0.0545. The van der Waals surface area contributed by atoms with E-state index in [-0.39, 0.29) is 11.8 Å². The first-order valence-electron chi connectivity index (χ1n) is 8.28. The highest BCUT2D eigenvalue weighted by atomic mass is 16.1. The topological polar surface area (TPSA) is 56.9 Å². The number of benzene rings is 2. The Morgan fingerprint density at radius 1 is 1.12 bits per heavy atom. The molecule has 0 radical (unpaired) electrons. The number of carbonyl (C=O) groups is 1. The van der Waals surface area contributed by atoms with Crippen molar-refractivity contribution in [2.75, 3.05) is 18.9 Å². The summed E-state index contributed by atoms with van der Waals surface area (Å²) in [7, 11) is 1.97. The number of rotatable bonds is 6. The van der Waals surface area contributed by atoms with Gasteiger partial charge in [-0.15, -0.1) is 0 Å². The molecule has 1 unspecified atom stereocenters. The van der Waals surface area contributed by atoms with Crippen LogP contribution in [0.3, 0.4) is 0 Å². The Hall–Kier alpha value is -2.59. The summed E-state index contributed by atoms with van der Waals surface area (Å²) in [5.74, 6) is 0.212. The number of aromatic nitrogens is 1. The number of H-pyrrole nitrogens is 1. The molecule has 0 saturated heterocycles. The maximum absolute atomic E-state index is 11.6. The van der Waals surface area contributed by atoms with Crippen LogP contribution in [0.5, 0.6) is 0 Å². The highest BCUT2D eigenvalue weighted by molar-refractivity contribution is 6.02. The van der Waals surface area contributed by atoms with Crippen molar-refractivity contribution in [1.29, 1.82) is 0 Å². The normalized spacial score (nSPS) is 12.2. The molecule has 0 fully saturated rings. The predicted octanol–water partition coefficient (Wildman–Crippen LogP) is 3.87. The Kier molecular flexibility index (Phi) is 4.96. The predicted molar refractivity (Wildman–Crippen MR) is 99.4 cm³/mol. The molecule has 0 aliphatic carbocycles. The average Bonchev–Trinajstić information content (AvgIpc) is 3.01. The molecule has 3 aromatic rings. The summed E-state index contributed by atoms with van der Waals surface area (Å²) in [4.78, 5) is 14.9. The van der Waals surface area contributed by atoms with Gasteiger partial charge in [0.2, 0.25) is 5.91 Å². The molecule has 0 aliphatic rings. The second-order valence-corrected chi connectivity index (χ2v) is 6.01. The molecule has 0 bridgehead atoms. The minimum atomic E-state index is -0.0545. The van der Waals surface area contributed by atoms with Gasteiger partial charge in [-0.1, -0.05) is 36.4 Å². The third-order valence-electron chi connectivity index (χ3n) is 4.31. The fourth-order valence-electron chi connectivity index (χ4n) is 3.26. The molecular weight excluding hydrogens is 298 g/mol. The van der Waals surface area contributed by atoms with Gasteiger partial charge in [0.25, 0.3) is 0 Å². The van der Waals surface area contributed by atoms with Gasteiger partial charge in [0.1, 0.15) is 0 Å². The lowest BCUT2D eigenvalue weighted by Gasteiger charge is -2.18. The summed E-state index contributed by atoms with van der Waals surface area (Å²) in [6, 6.07) is 16.5. The SMILES string of the molecule is CNCCC(c1ccccc1)c1c[nH]c2cccc(NC(C)=O)c12. The molecule has 4 nitrogen and oxygen atoms in total. The van der Waals surface area contributed by atoms with Gasteiger partial charge in [-0.05, 0) is 43.3 Å². The second kappa shape index (κ2) is 7.32. The van der Waals surface area contributed by atoms with Crippen molar-refractivity contribution in [3.8, 4) is 0 Å². The number of hydrogen-bond acceptors (Lipinski definition) is 2. The minimum Gasteiger partial charge on any atom is -0.361 e. The van der Waals surface area contributed by atoms with Crippen molar-refractivity contribution in [2.45, 2.75) is 19.3 Å². The maximum atomic E-state index is 11.6. The second-order valence-electron chi connectivity index (χ2n) is 6.01. The van der Waals surface area contributed by atoms with Crippen molar-refractivity contribution in [1.82, 2.24) is 10.3 Å². The third kappa shape index (κ3) is 3.34. The van der Waals surface area contributed by atoms with Crippen LogP contribution < -0.4 is 10.6 Å². The Balaban J connectivity index is 2.12. The van der Waals surface area contributed by atoms with E-state index >= 15 is 0 Å². The molecule has 1 aromatic heterocycles. The summed E-state index contributed by atoms with van der Waals surface area (Å²) in [6.45, 7) is 2.47. The molecule has 3 N–H and O–H groups in total. The van der Waals surface area contributed by atoms with E-state index in [0.717, 1.165) is 29.6 Å². The summed E-state index contributed by atoms with van der Waals surface area (Å²) in [5, 5.41) is 7.30. The Morgan fingerprint density at radius 3 is 2.62 bits per heavy atom. The van der Waals surface area contributed by atoms with Crippen LogP contribution in [-0.2, 0) is 4.79 Å². The summed E-state index contributed by atoms with van der Waals surface area (Å²) in [5.41, 5.74) is 4.41. The molecule has 2 aromatic carbocycles. The van der Waals surface area contributed by atoms with Crippen molar-refractivity contribution < 1.29 is 4.79 Å². The van der Waals surface area contributed by atoms with Gasteiger partial charge in [-0.2, -0.15) is 0 Å². The zero-order valence-corrected chi connectivity index (χ0v) is 14.1. The first-order chi connectivity index (χ1) is 11.7. The number of aromatic amines is 1. The first-order valence-corrected chi connectivity index (χ1v) is 8.28. The van der Waals surface area contributed by atoms with Crippen LogP contribution in [0, 0.1) is 0 Å². The number of carbonyl (C=O) groups excluding carboxylic acids is 1. The molecule has 1 amide bonds. The van der Waals surface area contributed by atoms with E-state index in [2.05, 4.69) is 46.1 Å². The van der Waals surface area contributed by atoms with E-state index in [1.165, 1.54) is 11.1 Å². The Bertz CT molecular complexity index is 823. The highest BCUT2D eigenvalue weighted by Gasteiger charge is 2.19. The molecule has 4 heteroatoms. The Morgan fingerprint density at radius 2 is 1.92 bits per heavy atom. The molecule has 0 spiro atoms. The van der Waals surface area contributed by atoms with Crippen LogP contribution in [0.1, 0.15) is 30.4 Å². The van der Waals surface area contributed by atoms with E-state index in [9.17, 15) is 4.79 Å². The van der Waals surface area contributed by atoms with Crippen LogP contribution in [0.15, 0.2) is 54.7 Å². The number of hydrogen-bond donors (Lipinski definition) is 3. The molecule has 1 heterocycles. The summed E-state index contributed by atoms with van der Waals surface area (Å²) < 4.78 is 0. The van der Waals surface area contributed by atoms with Gasteiger partial charge in [-0.25, -0.2) is 0 Å². The monoisotopic (exact) mass is 321 g/mol. The molecule has 124 valence electrons. The molecule has 1 atom stereocenters. The quantitative estimate of drug-likeness (QED) is 0.645. The molecule has 0 aliphatic heterocycles. The largest absolute Gasteiger partial charge is 0.361 e. The van der Waals surface area contributed by atoms with E-state index in [1.807, 2.05) is 31.3 Å². The summed E-state index contributed by atoms with van der Waals surface area (Å²) in [6.07, 6.45) is 3.06. The van der Waals surface area contributed by atoms with Gasteiger partial charge in [-0.3, -0.25) is 4.79 Å². The highest BCUT2D eigenvalue weighted by Crippen LogP contribution is 2.36. The van der Waals surface area contributed by atoms with Crippen LogP contribution in [0.2, 0.25) is 0 Å². The number of nitrogens with one attached hydrogen (secondary N) is 3. The van der Waals surface area contributed by atoms with E-state index in [0.29, 0.717) is 0 Å². The number of anilines is 1. The fourth-order valence-corrected chi connectivity index (χ4v) is 3.26. The average molecular weight is 321 g/mol. The fraction of sp³-hybridized carbons (Fsp3) is 0.250. The van der Waals surface area contributed by atoms with Gasteiger partial charge >= 0.3 is 0 Å². The van der Waals surface area contributed by atoms with Crippen molar-refractivity contribution in [2.24, 2.45) is 0 Å². The van der Waals surface area contributed by atoms with Crippen LogP contribution in [-0.4, -0.2) is 24.5 Å². The molecular formula is C20H23N3O. The van der Waals surface area contributed by atoms with Gasteiger partial charge in [0.05, 0.1) is 5.69 Å². The zero-order valence-electron chi connectivity index (χ0n) is 14.1. The maximum Gasteiger partial charge on any atom is 0.221 e. The van der Waals surface area contributed by atoms with Crippen LogP contribution in [0.4, 0.5) is 5.69 Å². The molecule has 0 saturated carbocycles. The first kappa shape index (κ1) is 16.3. The standard InChI is InChI=1S/C20H23N3O/c1-14(24)23-19-10-6-9-18-20(19)17(13-22-18)16(11-12-21-2)15-7-4-3-5-8-15/h3-10,13,16,21-22H,11-12H2,1-2H3,(H,23,24). The van der Waals surface area contributed by atoms with Crippen molar-refractivity contribution in [3.63, 3.8) is 0 Å². The molecule has 24 heavy (non-hydrogen) atoms.